The molecule has 0 aromatic heterocycles. The second-order valence-electron chi connectivity index (χ2n) is 26.7. The summed E-state index contributed by atoms with van der Waals surface area (Å²) in [5, 5.41) is 121. The molecule has 0 radical (unpaired) electrons. The summed E-state index contributed by atoms with van der Waals surface area (Å²) in [5.74, 6) is -0.275. The molecule has 19 nitrogen and oxygen atoms in total. The quantitative estimate of drug-likeness (QED) is 0.0199. The van der Waals surface area contributed by atoms with Crippen molar-refractivity contribution in [1.82, 2.24) is 5.32 Å². The van der Waals surface area contributed by atoms with E-state index >= 15 is 0 Å². The molecule has 0 aromatic carbocycles. The summed E-state index contributed by atoms with van der Waals surface area (Å²) in [5.41, 5.74) is 0. The Morgan fingerprint density at radius 3 is 1.11 bits per heavy atom. The van der Waals surface area contributed by atoms with Crippen LogP contribution in [0.2, 0.25) is 0 Å². The van der Waals surface area contributed by atoms with Gasteiger partial charge in [0.15, 0.2) is 18.9 Å². The van der Waals surface area contributed by atoms with Gasteiger partial charge in [-0.25, -0.2) is 0 Å². The van der Waals surface area contributed by atoms with Gasteiger partial charge in [-0.3, -0.25) is 4.79 Å². The number of rotatable bonds is 58. The molecule has 3 rings (SSSR count). The van der Waals surface area contributed by atoms with Crippen molar-refractivity contribution in [3.8, 4) is 0 Å². The van der Waals surface area contributed by atoms with Crippen LogP contribution in [0.25, 0.3) is 0 Å². The van der Waals surface area contributed by atoms with Crippen LogP contribution in [0.15, 0.2) is 85.1 Å². The molecule has 96 heavy (non-hydrogen) atoms. The number of allylic oxidation sites excluding steroid dienone is 14. The Labute approximate surface area is 578 Å². The zero-order chi connectivity index (χ0) is 69.6. The minimum atomic E-state index is -1.98. The highest BCUT2D eigenvalue weighted by Crippen LogP contribution is 2.33. The van der Waals surface area contributed by atoms with Crippen LogP contribution in [0.4, 0.5) is 0 Å². The van der Waals surface area contributed by atoms with E-state index in [1.165, 1.54) is 141 Å². The number of amides is 1. The molecule has 3 aliphatic heterocycles. The maximum atomic E-state index is 13.5. The third kappa shape index (κ3) is 38.1. The van der Waals surface area contributed by atoms with E-state index in [4.69, 9.17) is 28.4 Å². The fraction of sp³-hybridized carbons (Fsp3) is 0.805. The van der Waals surface area contributed by atoms with Crippen molar-refractivity contribution in [1.29, 1.82) is 0 Å². The lowest BCUT2D eigenvalue weighted by atomic mass is 9.96. The van der Waals surface area contributed by atoms with Gasteiger partial charge in [0, 0.05) is 6.42 Å². The smallest absolute Gasteiger partial charge is 0.220 e. The molecular formula is C77H135NO18. The van der Waals surface area contributed by atoms with Gasteiger partial charge in [0.05, 0.1) is 38.6 Å². The van der Waals surface area contributed by atoms with Crippen LogP contribution in [0.5, 0.6) is 0 Å². The van der Waals surface area contributed by atoms with Gasteiger partial charge in [0.25, 0.3) is 0 Å². The molecule has 3 heterocycles. The number of hydrogen-bond donors (Lipinski definition) is 12. The lowest BCUT2D eigenvalue weighted by Gasteiger charge is -2.48. The average molecular weight is 1360 g/mol. The van der Waals surface area contributed by atoms with Crippen LogP contribution >= 0.6 is 0 Å². The molecular weight excluding hydrogens is 1230 g/mol. The van der Waals surface area contributed by atoms with Crippen LogP contribution < -0.4 is 5.32 Å². The predicted octanol–water partition coefficient (Wildman–Crippen LogP) is 11.4. The first kappa shape index (κ1) is 87.2. The van der Waals surface area contributed by atoms with Crippen LogP contribution in [-0.4, -0.2) is 193 Å². The van der Waals surface area contributed by atoms with Crippen molar-refractivity contribution in [2.24, 2.45) is 0 Å². The summed E-state index contributed by atoms with van der Waals surface area (Å²) in [6.45, 7) is 1.68. The summed E-state index contributed by atoms with van der Waals surface area (Å²) in [6, 6.07) is -0.913. The second kappa shape index (κ2) is 57.6. The number of carbonyl (C=O) groups excluding carboxylic acids is 1. The van der Waals surface area contributed by atoms with Gasteiger partial charge in [-0.2, -0.15) is 0 Å². The Balaban J connectivity index is 1.42. The minimum Gasteiger partial charge on any atom is -0.394 e. The Kier molecular flexibility index (Phi) is 52.3. The summed E-state index contributed by atoms with van der Waals surface area (Å²) in [4.78, 5) is 13.5. The summed E-state index contributed by atoms with van der Waals surface area (Å²) in [6.07, 6.45) is 48.0. The van der Waals surface area contributed by atoms with Crippen molar-refractivity contribution in [2.75, 3.05) is 26.4 Å². The molecule has 19 heteroatoms. The third-order valence-corrected chi connectivity index (χ3v) is 18.5. The number of nitrogens with one attached hydrogen (secondary N) is 1. The first-order chi connectivity index (χ1) is 46.8. The minimum absolute atomic E-state index is 0.222. The van der Waals surface area contributed by atoms with Crippen molar-refractivity contribution in [3.05, 3.63) is 85.1 Å². The number of unbranched alkanes of at least 4 members (excludes halogenated alkanes) is 28. The van der Waals surface area contributed by atoms with Gasteiger partial charge in [-0.05, 0) is 70.6 Å². The van der Waals surface area contributed by atoms with Crippen molar-refractivity contribution in [3.63, 3.8) is 0 Å². The van der Waals surface area contributed by atoms with Crippen LogP contribution in [0, 0.1) is 0 Å². The molecule has 3 fully saturated rings. The molecule has 12 N–H and O–H groups in total. The van der Waals surface area contributed by atoms with Crippen molar-refractivity contribution >= 4 is 5.91 Å². The maximum Gasteiger partial charge on any atom is 0.220 e. The number of ether oxygens (including phenoxy) is 6. The summed E-state index contributed by atoms with van der Waals surface area (Å²) in [7, 11) is 0. The Morgan fingerprint density at radius 2 is 0.719 bits per heavy atom. The number of carbonyl (C=O) groups is 1. The van der Waals surface area contributed by atoms with Gasteiger partial charge in [0.1, 0.15) is 73.2 Å². The van der Waals surface area contributed by atoms with E-state index in [1.54, 1.807) is 0 Å². The zero-order valence-corrected chi connectivity index (χ0v) is 59.1. The standard InChI is InChI=1S/C77H135NO18/c1-3-5-7-9-11-13-15-17-19-21-23-25-27-29-31-32-34-36-38-40-42-44-46-48-50-52-54-61(82)60(78-65(83)55-53-51-49-47-45-43-41-39-37-35-33-30-28-26-24-22-20-18-16-14-12-10-8-6-4-2)59-91-75-71(89)68(86)73(63(57-80)93-75)96-77-72(90)69(87)74(64(58-81)94-77)95-76-70(88)67(85)66(84)62(56-79)92-76/h6,8,12,14,18,20,24,26,30,33,37,39,43,45,60-64,66-77,79-82,84-90H,3-5,7,9-11,13,15-17,19,21-23,25,27-29,31-32,34-36,38,40-42,44,46-59H2,1-2H3,(H,78,83)/b8-6-,14-12-,20-18-,26-24-,33-30-,39-37-,45-43-. The van der Waals surface area contributed by atoms with Gasteiger partial charge in [0.2, 0.25) is 5.91 Å². The Bertz CT molecular complexity index is 2070. The molecule has 0 aromatic rings. The van der Waals surface area contributed by atoms with Gasteiger partial charge in [-0.1, -0.05) is 272 Å². The largest absolute Gasteiger partial charge is 0.394 e. The van der Waals surface area contributed by atoms with E-state index in [2.05, 4.69) is 104 Å². The van der Waals surface area contributed by atoms with Gasteiger partial charge in [-0.15, -0.1) is 0 Å². The second-order valence-corrected chi connectivity index (χ2v) is 26.7. The monoisotopic (exact) mass is 1360 g/mol. The summed E-state index contributed by atoms with van der Waals surface area (Å²) < 4.78 is 34.5. The first-order valence-electron chi connectivity index (χ1n) is 37.8. The molecule has 0 aliphatic carbocycles. The number of hydrogen-bond acceptors (Lipinski definition) is 18. The molecule has 3 saturated heterocycles. The third-order valence-electron chi connectivity index (χ3n) is 18.5. The van der Waals surface area contributed by atoms with Crippen molar-refractivity contribution < 1.29 is 89.4 Å². The van der Waals surface area contributed by atoms with E-state index < -0.39 is 124 Å². The topological polar surface area (TPSA) is 307 Å². The fourth-order valence-electron chi connectivity index (χ4n) is 12.4. The molecule has 17 unspecified atom stereocenters. The van der Waals surface area contributed by atoms with E-state index in [0.29, 0.717) is 12.8 Å². The summed E-state index contributed by atoms with van der Waals surface area (Å²) >= 11 is 0. The van der Waals surface area contributed by atoms with Crippen LogP contribution in [0.3, 0.4) is 0 Å². The Hall–Kier alpha value is -3.03. The zero-order valence-electron chi connectivity index (χ0n) is 59.1. The van der Waals surface area contributed by atoms with Crippen molar-refractivity contribution in [2.45, 2.75) is 369 Å². The molecule has 3 aliphatic rings. The Morgan fingerprint density at radius 1 is 0.385 bits per heavy atom. The fourth-order valence-corrected chi connectivity index (χ4v) is 12.4. The highest BCUT2D eigenvalue weighted by Gasteiger charge is 2.53. The molecule has 1 amide bonds. The highest BCUT2D eigenvalue weighted by molar-refractivity contribution is 5.76. The molecule has 0 bridgehead atoms. The van der Waals surface area contributed by atoms with Crippen LogP contribution in [0.1, 0.15) is 264 Å². The normalized spacial score (nSPS) is 27.5. The maximum absolute atomic E-state index is 13.5. The van der Waals surface area contributed by atoms with E-state index in [1.807, 2.05) is 0 Å². The lowest BCUT2D eigenvalue weighted by molar-refractivity contribution is -0.379. The SMILES string of the molecule is CC/C=C\C/C=C\C/C=C\C/C=C\C/C=C\C/C=C\C/C=C\CCCCCC(=O)NC(COC1OC(CO)C(OC2OC(CO)C(OC3OC(CO)C(O)C(O)C3O)C(O)C2O)C(O)C1O)C(O)CCCCCCCCCCCCCCCCCCCCCCCCCCCC. The molecule has 0 saturated carbocycles. The average Bonchev–Trinajstić information content (AvgIpc) is 0.788. The van der Waals surface area contributed by atoms with E-state index in [-0.39, 0.29) is 18.9 Å². The number of aliphatic hydroxyl groups is 11. The first-order valence-corrected chi connectivity index (χ1v) is 37.8. The lowest BCUT2D eigenvalue weighted by Crippen LogP contribution is -2.66. The molecule has 17 atom stereocenters. The predicted molar refractivity (Wildman–Crippen MR) is 378 cm³/mol. The van der Waals surface area contributed by atoms with Crippen LogP contribution in [-0.2, 0) is 33.2 Å². The van der Waals surface area contributed by atoms with E-state index in [9.17, 15) is 61.0 Å². The molecule has 0 spiro atoms. The highest BCUT2D eigenvalue weighted by atomic mass is 16.8. The molecule has 556 valence electrons. The van der Waals surface area contributed by atoms with E-state index in [0.717, 1.165) is 89.9 Å². The number of aliphatic hydroxyl groups excluding tert-OH is 11. The van der Waals surface area contributed by atoms with Gasteiger partial charge < -0.3 is 89.9 Å². The van der Waals surface area contributed by atoms with Gasteiger partial charge >= 0.3 is 0 Å².